The van der Waals surface area contributed by atoms with Crippen LogP contribution in [0.1, 0.15) is 23.6 Å². The number of aliphatic hydroxyl groups excluding tert-OH is 1. The number of aromatic nitrogens is 2. The number of nitrogens with zero attached hydrogens (tertiary/aromatic N) is 3. The number of aliphatic hydroxyl groups is 1. The number of carbonyl (C=O) groups is 2. The van der Waals surface area contributed by atoms with Crippen molar-refractivity contribution in [1.29, 1.82) is 0 Å². The number of rotatable bonds is 6. The van der Waals surface area contributed by atoms with E-state index in [0.717, 1.165) is 0 Å². The molecule has 2 aliphatic rings. The molecule has 3 heterocycles. The van der Waals surface area contributed by atoms with Crippen molar-refractivity contribution in [3.8, 4) is 11.5 Å². The van der Waals surface area contributed by atoms with Crippen molar-refractivity contribution in [3.63, 3.8) is 0 Å². The number of benzene rings is 2. The molecule has 1 atom stereocenters. The second-order valence-corrected chi connectivity index (χ2v) is 8.49. The number of ether oxygens (including phenoxy) is 2. The molecule has 2 aliphatic heterocycles. The summed E-state index contributed by atoms with van der Waals surface area (Å²) in [7, 11) is 0. The number of fused-ring (bicyclic) bond motifs is 1. The van der Waals surface area contributed by atoms with Crippen LogP contribution in [0.15, 0.2) is 66.8 Å². The Hall–Kier alpha value is -3.78. The highest BCUT2D eigenvalue weighted by Gasteiger charge is 2.45. The maximum absolute atomic E-state index is 13.2. The molecular formula is C25H22ClN3O5. The normalized spacial score (nSPS) is 19.0. The SMILES string of the molecule is O=C1C(=O)N(CCCn2ccnc2)C(c2ccc(Cl)cc2)/C1=C(\O)c1ccc2c(c1)OCCO2. The van der Waals surface area contributed by atoms with Crippen LogP contribution in [0.2, 0.25) is 5.02 Å². The van der Waals surface area contributed by atoms with Gasteiger partial charge in [0.15, 0.2) is 11.5 Å². The quantitative estimate of drug-likeness (QED) is 0.328. The highest BCUT2D eigenvalue weighted by atomic mass is 35.5. The van der Waals surface area contributed by atoms with E-state index in [2.05, 4.69) is 4.98 Å². The van der Waals surface area contributed by atoms with Crippen molar-refractivity contribution in [3.05, 3.63) is 82.9 Å². The molecule has 9 heteroatoms. The predicted molar refractivity (Wildman–Crippen MR) is 125 cm³/mol. The van der Waals surface area contributed by atoms with Crippen LogP contribution in [0.25, 0.3) is 5.76 Å². The maximum atomic E-state index is 13.2. The van der Waals surface area contributed by atoms with Crippen LogP contribution in [0.4, 0.5) is 0 Å². The van der Waals surface area contributed by atoms with Gasteiger partial charge in [0.05, 0.1) is 17.9 Å². The first-order valence-electron chi connectivity index (χ1n) is 10.9. The minimum atomic E-state index is -0.742. The molecule has 34 heavy (non-hydrogen) atoms. The van der Waals surface area contributed by atoms with Crippen LogP contribution >= 0.6 is 11.6 Å². The Morgan fingerprint density at radius 3 is 2.56 bits per heavy atom. The van der Waals surface area contributed by atoms with Gasteiger partial charge in [-0.05, 0) is 42.3 Å². The van der Waals surface area contributed by atoms with Crippen LogP contribution in [0, 0.1) is 0 Å². The zero-order valence-corrected chi connectivity index (χ0v) is 18.9. The molecule has 5 rings (SSSR count). The third-order valence-electron chi connectivity index (χ3n) is 5.92. The van der Waals surface area contributed by atoms with E-state index in [9.17, 15) is 14.7 Å². The van der Waals surface area contributed by atoms with E-state index in [1.807, 2.05) is 10.8 Å². The van der Waals surface area contributed by atoms with Crippen molar-refractivity contribution in [2.45, 2.75) is 19.0 Å². The number of hydrogen-bond acceptors (Lipinski definition) is 6. The van der Waals surface area contributed by atoms with Gasteiger partial charge in [0.1, 0.15) is 19.0 Å². The van der Waals surface area contributed by atoms with E-state index in [1.165, 1.54) is 4.90 Å². The number of amides is 1. The molecular weight excluding hydrogens is 458 g/mol. The van der Waals surface area contributed by atoms with E-state index in [0.29, 0.717) is 60.4 Å². The highest BCUT2D eigenvalue weighted by Crippen LogP contribution is 2.41. The van der Waals surface area contributed by atoms with Crippen LogP contribution in [0.5, 0.6) is 11.5 Å². The number of halogens is 1. The van der Waals surface area contributed by atoms with Gasteiger partial charge in [-0.2, -0.15) is 0 Å². The molecule has 1 aromatic heterocycles. The smallest absolute Gasteiger partial charge is 0.295 e. The van der Waals surface area contributed by atoms with Crippen molar-refractivity contribution in [2.75, 3.05) is 19.8 Å². The highest BCUT2D eigenvalue weighted by molar-refractivity contribution is 6.46. The molecule has 3 aromatic rings. The molecule has 1 saturated heterocycles. The molecule has 0 bridgehead atoms. The van der Waals surface area contributed by atoms with Gasteiger partial charge in [0.25, 0.3) is 11.7 Å². The van der Waals surface area contributed by atoms with Crippen LogP contribution < -0.4 is 9.47 Å². The first kappa shape index (κ1) is 22.0. The summed E-state index contributed by atoms with van der Waals surface area (Å²) in [5, 5.41) is 11.8. The Balaban J connectivity index is 1.53. The van der Waals surface area contributed by atoms with Gasteiger partial charge in [-0.15, -0.1) is 0 Å². The summed E-state index contributed by atoms with van der Waals surface area (Å²) < 4.78 is 13.1. The van der Waals surface area contributed by atoms with Crippen molar-refractivity contribution in [1.82, 2.24) is 14.5 Å². The third-order valence-corrected chi connectivity index (χ3v) is 6.17. The Morgan fingerprint density at radius 1 is 1.06 bits per heavy atom. The van der Waals surface area contributed by atoms with Crippen molar-refractivity contribution in [2.24, 2.45) is 0 Å². The molecule has 1 fully saturated rings. The summed E-state index contributed by atoms with van der Waals surface area (Å²) in [4.78, 5) is 31.8. The number of likely N-dealkylation sites (tertiary alicyclic amines) is 1. The molecule has 2 aromatic carbocycles. The van der Waals surface area contributed by atoms with Gasteiger partial charge in [-0.1, -0.05) is 23.7 Å². The van der Waals surface area contributed by atoms with E-state index in [1.54, 1.807) is 55.0 Å². The predicted octanol–water partition coefficient (Wildman–Crippen LogP) is 3.82. The van der Waals surface area contributed by atoms with Gasteiger partial charge in [0, 0.05) is 36.1 Å². The Bertz CT molecular complexity index is 1250. The second-order valence-electron chi connectivity index (χ2n) is 8.06. The third kappa shape index (κ3) is 4.12. The molecule has 8 nitrogen and oxygen atoms in total. The average molecular weight is 480 g/mol. The largest absolute Gasteiger partial charge is 0.507 e. The second kappa shape index (κ2) is 9.23. The monoisotopic (exact) mass is 479 g/mol. The Kier molecular flexibility index (Phi) is 5.98. The van der Waals surface area contributed by atoms with Gasteiger partial charge < -0.3 is 24.0 Å². The first-order valence-corrected chi connectivity index (χ1v) is 11.3. The molecule has 0 aliphatic carbocycles. The molecule has 1 unspecified atom stereocenters. The van der Waals surface area contributed by atoms with Gasteiger partial charge in [-0.3, -0.25) is 9.59 Å². The summed E-state index contributed by atoms with van der Waals surface area (Å²) in [5.41, 5.74) is 1.09. The van der Waals surface area contributed by atoms with Crippen molar-refractivity contribution < 1.29 is 24.2 Å². The standard InChI is InChI=1S/C25H22ClN3O5/c26-18-5-2-16(3-6-18)22-21(23(30)17-4-7-19-20(14-17)34-13-12-33-19)24(31)25(32)29(22)10-1-9-28-11-8-27-15-28/h2-8,11,14-15,22,30H,1,9-10,12-13H2/b23-21+. The Labute approximate surface area is 201 Å². The summed E-state index contributed by atoms with van der Waals surface area (Å²) in [6, 6.07) is 11.1. The molecule has 0 spiro atoms. The summed E-state index contributed by atoms with van der Waals surface area (Å²) in [6.45, 7) is 1.80. The molecule has 0 radical (unpaired) electrons. The fourth-order valence-corrected chi connectivity index (χ4v) is 4.42. The molecule has 1 N–H and O–H groups in total. The lowest BCUT2D eigenvalue weighted by atomic mass is 9.95. The lowest BCUT2D eigenvalue weighted by Gasteiger charge is -2.25. The average Bonchev–Trinajstić information content (AvgIpc) is 3.46. The molecule has 174 valence electrons. The number of ketones is 1. The fraction of sp³-hybridized carbons (Fsp3) is 0.240. The molecule has 0 saturated carbocycles. The first-order chi connectivity index (χ1) is 16.5. The summed E-state index contributed by atoms with van der Waals surface area (Å²) in [5.74, 6) is -0.586. The lowest BCUT2D eigenvalue weighted by molar-refractivity contribution is -0.139. The summed E-state index contributed by atoms with van der Waals surface area (Å²) in [6.07, 6.45) is 5.84. The topological polar surface area (TPSA) is 93.9 Å². The van der Waals surface area contributed by atoms with Gasteiger partial charge in [0.2, 0.25) is 0 Å². The van der Waals surface area contributed by atoms with E-state index in [4.69, 9.17) is 21.1 Å². The van der Waals surface area contributed by atoms with Crippen molar-refractivity contribution >= 4 is 29.1 Å². The van der Waals surface area contributed by atoms with Crippen LogP contribution in [-0.4, -0.2) is 51.0 Å². The number of hydrogen-bond donors (Lipinski definition) is 1. The van der Waals surface area contributed by atoms with E-state index < -0.39 is 17.7 Å². The van der Waals surface area contributed by atoms with Gasteiger partial charge in [-0.25, -0.2) is 4.98 Å². The van der Waals surface area contributed by atoms with Gasteiger partial charge >= 0.3 is 0 Å². The van der Waals surface area contributed by atoms with E-state index >= 15 is 0 Å². The Morgan fingerprint density at radius 2 is 1.82 bits per heavy atom. The fourth-order valence-electron chi connectivity index (χ4n) is 4.29. The number of imidazole rings is 1. The van der Waals surface area contributed by atoms with Crippen LogP contribution in [-0.2, 0) is 16.1 Å². The zero-order chi connectivity index (χ0) is 23.7. The maximum Gasteiger partial charge on any atom is 0.295 e. The zero-order valence-electron chi connectivity index (χ0n) is 18.2. The number of Topliss-reactive ketones (excluding diaryl/α,β-unsaturated/α-hetero) is 1. The minimum absolute atomic E-state index is 0.0339. The molecule has 1 amide bonds. The minimum Gasteiger partial charge on any atom is -0.507 e. The summed E-state index contributed by atoms with van der Waals surface area (Å²) >= 11 is 6.07. The van der Waals surface area contributed by atoms with Crippen LogP contribution in [0.3, 0.4) is 0 Å². The van der Waals surface area contributed by atoms with E-state index in [-0.39, 0.29) is 11.3 Å². The number of carbonyl (C=O) groups excluding carboxylic acids is 2. The lowest BCUT2D eigenvalue weighted by Crippen LogP contribution is -2.31. The number of aryl methyl sites for hydroxylation is 1.